The van der Waals surface area contributed by atoms with Crippen LogP contribution in [0.1, 0.15) is 22.8 Å². The van der Waals surface area contributed by atoms with Gasteiger partial charge in [0.15, 0.2) is 0 Å². The number of rotatable bonds is 5. The summed E-state index contributed by atoms with van der Waals surface area (Å²) in [5, 5.41) is 3.93. The molecule has 0 radical (unpaired) electrons. The lowest BCUT2D eigenvalue weighted by Gasteiger charge is -2.02. The average Bonchev–Trinajstić information content (AvgIpc) is 2.50. The van der Waals surface area contributed by atoms with E-state index in [-0.39, 0.29) is 5.91 Å². The molecule has 0 aromatic heterocycles. The summed E-state index contributed by atoms with van der Waals surface area (Å²) in [5.41, 5.74) is 3.96. The number of carbonyl (C=O) groups excluding carboxylic acids is 1. The molecule has 2 aromatic carbocycles. The lowest BCUT2D eigenvalue weighted by molar-refractivity contribution is 0.0955. The molecule has 2 aromatic rings. The van der Waals surface area contributed by atoms with E-state index in [1.807, 2.05) is 49.4 Å². The van der Waals surface area contributed by atoms with Crippen LogP contribution >= 0.6 is 0 Å². The van der Waals surface area contributed by atoms with Crippen LogP contribution < -0.4 is 10.2 Å². The second kappa shape index (κ2) is 7.09. The SMILES string of the molecule is CCOc1ccc(/C=N/NC(=O)c2ccccc2)cc1. The topological polar surface area (TPSA) is 50.7 Å². The zero-order valence-corrected chi connectivity index (χ0v) is 11.2. The Kier molecular flexibility index (Phi) is 4.89. The lowest BCUT2D eigenvalue weighted by atomic mass is 10.2. The molecule has 0 fully saturated rings. The highest BCUT2D eigenvalue weighted by Gasteiger charge is 2.01. The van der Waals surface area contributed by atoms with E-state index in [0.29, 0.717) is 12.2 Å². The predicted octanol–water partition coefficient (Wildman–Crippen LogP) is 2.85. The summed E-state index contributed by atoms with van der Waals surface area (Å²) in [6.45, 7) is 2.58. The normalized spacial score (nSPS) is 10.4. The Bertz CT molecular complexity index is 577. The highest BCUT2D eigenvalue weighted by atomic mass is 16.5. The molecular formula is C16H16N2O2. The Labute approximate surface area is 118 Å². The van der Waals surface area contributed by atoms with Gasteiger partial charge in [0.1, 0.15) is 5.75 Å². The van der Waals surface area contributed by atoms with Crippen LogP contribution in [0.25, 0.3) is 0 Å². The van der Waals surface area contributed by atoms with Gasteiger partial charge in [-0.2, -0.15) is 5.10 Å². The average molecular weight is 268 g/mol. The van der Waals surface area contributed by atoms with Crippen molar-refractivity contribution in [3.63, 3.8) is 0 Å². The summed E-state index contributed by atoms with van der Waals surface area (Å²) >= 11 is 0. The van der Waals surface area contributed by atoms with Gasteiger partial charge in [-0.25, -0.2) is 5.43 Å². The molecule has 0 atom stereocenters. The molecule has 0 heterocycles. The first-order valence-electron chi connectivity index (χ1n) is 6.41. The van der Waals surface area contributed by atoms with E-state index >= 15 is 0 Å². The quantitative estimate of drug-likeness (QED) is 0.669. The number of hydrogen-bond acceptors (Lipinski definition) is 3. The molecule has 2 rings (SSSR count). The fourth-order valence-electron chi connectivity index (χ4n) is 1.64. The van der Waals surface area contributed by atoms with Gasteiger partial charge in [-0.05, 0) is 48.9 Å². The van der Waals surface area contributed by atoms with Crippen molar-refractivity contribution in [3.05, 3.63) is 65.7 Å². The largest absolute Gasteiger partial charge is 0.494 e. The van der Waals surface area contributed by atoms with Gasteiger partial charge in [0.2, 0.25) is 0 Å². The van der Waals surface area contributed by atoms with E-state index in [1.54, 1.807) is 18.3 Å². The minimum atomic E-state index is -0.229. The van der Waals surface area contributed by atoms with Crippen molar-refractivity contribution in [1.82, 2.24) is 5.43 Å². The second-order valence-corrected chi connectivity index (χ2v) is 4.07. The molecule has 0 unspecified atom stereocenters. The predicted molar refractivity (Wildman–Crippen MR) is 79.1 cm³/mol. The van der Waals surface area contributed by atoms with Crippen molar-refractivity contribution in [3.8, 4) is 5.75 Å². The first-order chi connectivity index (χ1) is 9.79. The van der Waals surface area contributed by atoms with Crippen LogP contribution in [0, 0.1) is 0 Å². The van der Waals surface area contributed by atoms with E-state index in [2.05, 4.69) is 10.5 Å². The number of carbonyl (C=O) groups is 1. The third-order valence-electron chi connectivity index (χ3n) is 2.61. The molecule has 0 spiro atoms. The molecule has 0 bridgehead atoms. The number of hydrogen-bond donors (Lipinski definition) is 1. The van der Waals surface area contributed by atoms with E-state index in [1.165, 1.54) is 0 Å². The Morgan fingerprint density at radius 1 is 1.15 bits per heavy atom. The standard InChI is InChI=1S/C16H16N2O2/c1-2-20-15-10-8-13(9-11-15)12-17-18-16(19)14-6-4-3-5-7-14/h3-12H,2H2,1H3,(H,18,19)/b17-12+. The zero-order valence-electron chi connectivity index (χ0n) is 11.2. The molecule has 102 valence electrons. The first-order valence-corrected chi connectivity index (χ1v) is 6.41. The van der Waals surface area contributed by atoms with Gasteiger partial charge < -0.3 is 4.74 Å². The molecule has 4 nitrogen and oxygen atoms in total. The van der Waals surface area contributed by atoms with Crippen LogP contribution in [0.4, 0.5) is 0 Å². The maximum Gasteiger partial charge on any atom is 0.271 e. The van der Waals surface area contributed by atoms with Gasteiger partial charge in [0, 0.05) is 5.56 Å². The minimum Gasteiger partial charge on any atom is -0.494 e. The summed E-state index contributed by atoms with van der Waals surface area (Å²) in [6.07, 6.45) is 1.59. The summed E-state index contributed by atoms with van der Waals surface area (Å²) in [6, 6.07) is 16.4. The summed E-state index contributed by atoms with van der Waals surface area (Å²) in [7, 11) is 0. The van der Waals surface area contributed by atoms with Gasteiger partial charge in [0.25, 0.3) is 5.91 Å². The highest BCUT2D eigenvalue weighted by Crippen LogP contribution is 2.10. The van der Waals surface area contributed by atoms with Gasteiger partial charge in [-0.3, -0.25) is 4.79 Å². The molecule has 0 aliphatic rings. The van der Waals surface area contributed by atoms with Gasteiger partial charge >= 0.3 is 0 Å². The van der Waals surface area contributed by atoms with Gasteiger partial charge in [-0.15, -0.1) is 0 Å². The molecule has 4 heteroatoms. The van der Waals surface area contributed by atoms with Crippen molar-refractivity contribution < 1.29 is 9.53 Å². The van der Waals surface area contributed by atoms with Crippen molar-refractivity contribution >= 4 is 12.1 Å². The highest BCUT2D eigenvalue weighted by molar-refractivity contribution is 5.94. The molecule has 0 saturated heterocycles. The van der Waals surface area contributed by atoms with E-state index in [4.69, 9.17) is 4.74 Å². The Morgan fingerprint density at radius 2 is 1.85 bits per heavy atom. The van der Waals surface area contributed by atoms with E-state index in [9.17, 15) is 4.79 Å². The smallest absolute Gasteiger partial charge is 0.271 e. The molecule has 20 heavy (non-hydrogen) atoms. The fourth-order valence-corrected chi connectivity index (χ4v) is 1.64. The second-order valence-electron chi connectivity index (χ2n) is 4.07. The van der Waals surface area contributed by atoms with Crippen LogP contribution in [0.2, 0.25) is 0 Å². The third-order valence-corrected chi connectivity index (χ3v) is 2.61. The summed E-state index contributed by atoms with van der Waals surface area (Å²) < 4.78 is 5.35. The number of benzene rings is 2. The van der Waals surface area contributed by atoms with Crippen LogP contribution in [0.15, 0.2) is 59.7 Å². The van der Waals surface area contributed by atoms with Crippen LogP contribution in [-0.2, 0) is 0 Å². The number of nitrogens with zero attached hydrogens (tertiary/aromatic N) is 1. The van der Waals surface area contributed by atoms with Crippen molar-refractivity contribution in [1.29, 1.82) is 0 Å². The molecule has 0 aliphatic heterocycles. The molecular weight excluding hydrogens is 252 g/mol. The summed E-state index contributed by atoms with van der Waals surface area (Å²) in [5.74, 6) is 0.589. The van der Waals surface area contributed by atoms with Crippen molar-refractivity contribution in [2.24, 2.45) is 5.10 Å². The summed E-state index contributed by atoms with van der Waals surface area (Å²) in [4.78, 5) is 11.7. The van der Waals surface area contributed by atoms with Crippen LogP contribution in [-0.4, -0.2) is 18.7 Å². The maximum absolute atomic E-state index is 11.7. The molecule has 1 amide bonds. The van der Waals surface area contributed by atoms with E-state index < -0.39 is 0 Å². The van der Waals surface area contributed by atoms with Crippen LogP contribution in [0.3, 0.4) is 0 Å². The van der Waals surface area contributed by atoms with Gasteiger partial charge in [0.05, 0.1) is 12.8 Å². The fraction of sp³-hybridized carbons (Fsp3) is 0.125. The number of hydrazone groups is 1. The maximum atomic E-state index is 11.7. The monoisotopic (exact) mass is 268 g/mol. The van der Waals surface area contributed by atoms with Gasteiger partial charge in [-0.1, -0.05) is 18.2 Å². The Balaban J connectivity index is 1.91. The molecule has 0 aliphatic carbocycles. The zero-order chi connectivity index (χ0) is 14.2. The van der Waals surface area contributed by atoms with Crippen molar-refractivity contribution in [2.45, 2.75) is 6.92 Å². The first kappa shape index (κ1) is 13.8. The lowest BCUT2D eigenvalue weighted by Crippen LogP contribution is -2.17. The van der Waals surface area contributed by atoms with Crippen LogP contribution in [0.5, 0.6) is 5.75 Å². The Hall–Kier alpha value is -2.62. The minimum absolute atomic E-state index is 0.229. The van der Waals surface area contributed by atoms with Crippen molar-refractivity contribution in [2.75, 3.05) is 6.61 Å². The number of amides is 1. The molecule has 0 saturated carbocycles. The number of nitrogens with one attached hydrogen (secondary N) is 1. The molecule has 1 N–H and O–H groups in total. The third kappa shape index (κ3) is 3.95. The Morgan fingerprint density at radius 3 is 2.50 bits per heavy atom. The van der Waals surface area contributed by atoms with E-state index in [0.717, 1.165) is 11.3 Å². The number of ether oxygens (including phenoxy) is 1.